The highest BCUT2D eigenvalue weighted by Gasteiger charge is 2.21. The molecule has 2 aromatic rings. The molecular formula is C18H22N2O4. The zero-order valence-corrected chi connectivity index (χ0v) is 14.2. The Morgan fingerprint density at radius 1 is 1.29 bits per heavy atom. The summed E-state index contributed by atoms with van der Waals surface area (Å²) in [5.74, 6) is 1.01. The van der Waals surface area contributed by atoms with E-state index < -0.39 is 5.91 Å². The third-order valence-electron chi connectivity index (χ3n) is 4.24. The molecule has 6 heteroatoms. The topological polar surface area (TPSA) is 75.7 Å². The molecule has 0 aliphatic carbocycles. The van der Waals surface area contributed by atoms with Crippen molar-refractivity contribution in [1.29, 1.82) is 0 Å². The van der Waals surface area contributed by atoms with Crippen LogP contribution in [0.2, 0.25) is 0 Å². The smallest absolute Gasteiger partial charge is 0.250 e. The number of rotatable bonds is 5. The Morgan fingerprint density at radius 2 is 2.00 bits per heavy atom. The lowest BCUT2D eigenvalue weighted by Crippen LogP contribution is -2.17. The number of carbonyl (C=O) groups excluding carboxylic acids is 1. The van der Waals surface area contributed by atoms with Gasteiger partial charge < -0.3 is 24.5 Å². The lowest BCUT2D eigenvalue weighted by Gasteiger charge is -2.21. The van der Waals surface area contributed by atoms with E-state index in [2.05, 4.69) is 4.57 Å². The number of primary amides is 1. The van der Waals surface area contributed by atoms with Crippen molar-refractivity contribution in [2.45, 2.75) is 19.9 Å². The van der Waals surface area contributed by atoms with Crippen LogP contribution in [-0.2, 0) is 4.74 Å². The number of nitrogens with two attached hydrogens (primary N) is 1. The molecule has 1 aliphatic rings. The van der Waals surface area contributed by atoms with Crippen molar-refractivity contribution in [3.05, 3.63) is 35.5 Å². The molecule has 0 saturated heterocycles. The number of ether oxygens (including phenoxy) is 3. The summed E-state index contributed by atoms with van der Waals surface area (Å²) < 4.78 is 18.6. The van der Waals surface area contributed by atoms with Crippen molar-refractivity contribution in [1.82, 2.24) is 4.57 Å². The van der Waals surface area contributed by atoms with Gasteiger partial charge in [-0.3, -0.25) is 4.79 Å². The van der Waals surface area contributed by atoms with E-state index in [4.69, 9.17) is 19.9 Å². The number of fused-ring (bicyclic) bond motifs is 1. The van der Waals surface area contributed by atoms with Gasteiger partial charge in [0.05, 0.1) is 18.2 Å². The fourth-order valence-corrected chi connectivity index (χ4v) is 3.18. The number of benzene rings is 1. The van der Waals surface area contributed by atoms with Crippen LogP contribution < -0.4 is 15.2 Å². The Morgan fingerprint density at radius 3 is 2.67 bits per heavy atom. The number of nitrogens with zero attached hydrogens (tertiary/aromatic N) is 1. The molecule has 2 N–H and O–H groups in total. The Hall–Kier alpha value is -2.47. The highest BCUT2D eigenvalue weighted by atomic mass is 16.6. The standard InChI is InChI=1S/C18H22N2O4/c1-11(10-22-3)20-12(2)14(18(19)21)9-15(20)13-4-5-16-17(8-13)24-7-6-23-16/h4-5,8-9,11H,6-7,10H2,1-3H3,(H2,19,21). The maximum atomic E-state index is 11.8. The van der Waals surface area contributed by atoms with Gasteiger partial charge in [-0.1, -0.05) is 0 Å². The second-order valence-electron chi connectivity index (χ2n) is 5.93. The monoisotopic (exact) mass is 330 g/mol. The van der Waals surface area contributed by atoms with Gasteiger partial charge in [-0.25, -0.2) is 0 Å². The van der Waals surface area contributed by atoms with Crippen LogP contribution in [0.1, 0.15) is 29.0 Å². The van der Waals surface area contributed by atoms with Gasteiger partial charge in [-0.05, 0) is 38.1 Å². The number of hydrogen-bond donors (Lipinski definition) is 1. The fraction of sp³-hybridized carbons (Fsp3) is 0.389. The van der Waals surface area contributed by atoms with Crippen LogP contribution in [0, 0.1) is 6.92 Å². The summed E-state index contributed by atoms with van der Waals surface area (Å²) in [6.07, 6.45) is 0. The minimum Gasteiger partial charge on any atom is -0.486 e. The van der Waals surface area contributed by atoms with Crippen molar-refractivity contribution >= 4 is 5.91 Å². The highest BCUT2D eigenvalue weighted by Crippen LogP contribution is 2.37. The molecule has 0 saturated carbocycles. The van der Waals surface area contributed by atoms with Crippen LogP contribution in [-0.4, -0.2) is 37.4 Å². The lowest BCUT2D eigenvalue weighted by atomic mass is 10.1. The Balaban J connectivity index is 2.12. The average Bonchev–Trinajstić information content (AvgIpc) is 2.92. The van der Waals surface area contributed by atoms with E-state index in [9.17, 15) is 4.79 Å². The Kier molecular flexibility index (Phi) is 4.49. The molecule has 3 rings (SSSR count). The van der Waals surface area contributed by atoms with Gasteiger partial charge in [0, 0.05) is 24.1 Å². The SMILES string of the molecule is COCC(C)n1c(-c2ccc3c(c2)OCCO3)cc(C(N)=O)c1C. The molecular weight excluding hydrogens is 308 g/mol. The zero-order valence-electron chi connectivity index (χ0n) is 14.2. The summed E-state index contributed by atoms with van der Waals surface area (Å²) in [7, 11) is 1.66. The van der Waals surface area contributed by atoms with E-state index in [1.807, 2.05) is 38.1 Å². The molecule has 0 fully saturated rings. The summed E-state index contributed by atoms with van der Waals surface area (Å²) in [5.41, 5.74) is 8.73. The second kappa shape index (κ2) is 6.57. The number of hydrogen-bond acceptors (Lipinski definition) is 4. The van der Waals surface area contributed by atoms with Crippen molar-refractivity contribution in [3.8, 4) is 22.8 Å². The van der Waals surface area contributed by atoms with E-state index >= 15 is 0 Å². The van der Waals surface area contributed by atoms with Gasteiger partial charge in [0.25, 0.3) is 5.91 Å². The average molecular weight is 330 g/mol. The molecule has 1 aromatic carbocycles. The van der Waals surface area contributed by atoms with Crippen molar-refractivity contribution in [2.24, 2.45) is 5.73 Å². The third kappa shape index (κ3) is 2.85. The first-order chi connectivity index (χ1) is 11.5. The summed E-state index contributed by atoms with van der Waals surface area (Å²) >= 11 is 0. The molecule has 0 spiro atoms. The first kappa shape index (κ1) is 16.4. The van der Waals surface area contributed by atoms with E-state index in [1.165, 1.54) is 0 Å². The summed E-state index contributed by atoms with van der Waals surface area (Å²) in [4.78, 5) is 11.8. The fourth-order valence-electron chi connectivity index (χ4n) is 3.18. The normalized spacial score (nSPS) is 14.5. The molecule has 1 unspecified atom stereocenters. The van der Waals surface area contributed by atoms with Crippen molar-refractivity contribution < 1.29 is 19.0 Å². The third-order valence-corrected chi connectivity index (χ3v) is 4.24. The summed E-state index contributed by atoms with van der Waals surface area (Å²) in [6, 6.07) is 7.68. The van der Waals surface area contributed by atoms with Crippen LogP contribution in [0.15, 0.2) is 24.3 Å². The number of carbonyl (C=O) groups is 1. The van der Waals surface area contributed by atoms with Crippen molar-refractivity contribution in [2.75, 3.05) is 26.9 Å². The summed E-state index contributed by atoms with van der Waals surface area (Å²) in [6.45, 7) is 5.56. The second-order valence-corrected chi connectivity index (χ2v) is 5.93. The minimum atomic E-state index is -0.435. The van der Waals surface area contributed by atoms with Crippen LogP contribution in [0.3, 0.4) is 0 Å². The molecule has 1 amide bonds. The molecule has 0 bridgehead atoms. The number of methoxy groups -OCH3 is 1. The lowest BCUT2D eigenvalue weighted by molar-refractivity contribution is 0.0999. The molecule has 2 heterocycles. The molecule has 1 atom stereocenters. The van der Waals surface area contributed by atoms with Crippen LogP contribution in [0.25, 0.3) is 11.3 Å². The molecule has 1 aliphatic heterocycles. The maximum absolute atomic E-state index is 11.8. The Labute approximate surface area is 141 Å². The summed E-state index contributed by atoms with van der Waals surface area (Å²) in [5, 5.41) is 0. The molecule has 0 radical (unpaired) electrons. The first-order valence-electron chi connectivity index (χ1n) is 7.93. The van der Waals surface area contributed by atoms with Crippen LogP contribution >= 0.6 is 0 Å². The van der Waals surface area contributed by atoms with E-state index in [1.54, 1.807) is 7.11 Å². The minimum absolute atomic E-state index is 0.0614. The van der Waals surface area contributed by atoms with Gasteiger partial charge in [0.1, 0.15) is 13.2 Å². The van der Waals surface area contributed by atoms with Gasteiger partial charge >= 0.3 is 0 Å². The highest BCUT2D eigenvalue weighted by molar-refractivity contribution is 5.95. The predicted octanol–water partition coefficient (Wildman–Crippen LogP) is 2.54. The molecule has 128 valence electrons. The number of amides is 1. The van der Waals surface area contributed by atoms with Gasteiger partial charge in [-0.2, -0.15) is 0 Å². The maximum Gasteiger partial charge on any atom is 0.250 e. The Bertz CT molecular complexity index is 767. The van der Waals surface area contributed by atoms with E-state index in [-0.39, 0.29) is 6.04 Å². The van der Waals surface area contributed by atoms with E-state index in [0.29, 0.717) is 31.1 Å². The van der Waals surface area contributed by atoms with Gasteiger partial charge in [0.2, 0.25) is 0 Å². The van der Waals surface area contributed by atoms with Crippen LogP contribution in [0.4, 0.5) is 0 Å². The van der Waals surface area contributed by atoms with Crippen molar-refractivity contribution in [3.63, 3.8) is 0 Å². The zero-order chi connectivity index (χ0) is 17.3. The molecule has 24 heavy (non-hydrogen) atoms. The van der Waals surface area contributed by atoms with Gasteiger partial charge in [-0.15, -0.1) is 0 Å². The molecule has 1 aromatic heterocycles. The first-order valence-corrected chi connectivity index (χ1v) is 7.93. The molecule has 6 nitrogen and oxygen atoms in total. The van der Waals surface area contributed by atoms with E-state index in [0.717, 1.165) is 22.7 Å². The number of aromatic nitrogens is 1. The predicted molar refractivity (Wildman–Crippen MR) is 90.7 cm³/mol. The largest absolute Gasteiger partial charge is 0.486 e. The van der Waals surface area contributed by atoms with Gasteiger partial charge in [0.15, 0.2) is 11.5 Å². The quantitative estimate of drug-likeness (QED) is 0.914. The van der Waals surface area contributed by atoms with Crippen LogP contribution in [0.5, 0.6) is 11.5 Å².